The molecule has 4 heteroatoms. The van der Waals surface area contributed by atoms with E-state index in [0.717, 1.165) is 52.4 Å². The van der Waals surface area contributed by atoms with Crippen molar-refractivity contribution < 1.29 is 9.47 Å². The Kier molecular flexibility index (Phi) is 7.42. The van der Waals surface area contributed by atoms with Crippen LogP contribution in [0.5, 0.6) is 0 Å². The minimum Gasteiger partial charge on any atom is -0.380 e. The highest BCUT2D eigenvalue weighted by atomic mass is 16.5. The Morgan fingerprint density at radius 1 is 1.56 bits per heavy atom. The van der Waals surface area contributed by atoms with Crippen LogP contribution in [0.15, 0.2) is 12.7 Å². The second-order valence-electron chi connectivity index (χ2n) is 4.15. The minimum atomic E-state index is 0.326. The molecule has 0 amide bonds. The van der Waals surface area contributed by atoms with Gasteiger partial charge < -0.3 is 19.7 Å². The fourth-order valence-electron chi connectivity index (χ4n) is 1.67. The molecule has 1 heterocycles. The van der Waals surface area contributed by atoms with E-state index in [4.69, 9.17) is 9.47 Å². The molecule has 0 aromatic heterocycles. The number of rotatable bonds is 8. The lowest BCUT2D eigenvalue weighted by atomic mass is 10.3. The standard InChI is InChI=1S/C12H24N2O2/c1-3-4-7-15-8-5-13-10-12-11-14(2)6-9-16-12/h3,12-13H,1,4-11H2,2H3. The largest absolute Gasteiger partial charge is 0.380 e. The zero-order chi connectivity index (χ0) is 11.6. The fourth-order valence-corrected chi connectivity index (χ4v) is 1.67. The van der Waals surface area contributed by atoms with Crippen LogP contribution in [0.1, 0.15) is 6.42 Å². The van der Waals surface area contributed by atoms with Crippen LogP contribution in [-0.4, -0.2) is 64.1 Å². The number of nitrogens with zero attached hydrogens (tertiary/aromatic N) is 1. The molecular weight excluding hydrogens is 204 g/mol. The minimum absolute atomic E-state index is 0.326. The molecule has 0 aliphatic carbocycles. The maximum absolute atomic E-state index is 5.64. The molecule has 1 fully saturated rings. The molecule has 1 atom stereocenters. The summed E-state index contributed by atoms with van der Waals surface area (Å²) < 4.78 is 11.0. The average molecular weight is 228 g/mol. The molecule has 16 heavy (non-hydrogen) atoms. The molecule has 4 nitrogen and oxygen atoms in total. The summed E-state index contributed by atoms with van der Waals surface area (Å²) in [5, 5.41) is 3.35. The van der Waals surface area contributed by atoms with Gasteiger partial charge in [0, 0.05) is 26.2 Å². The van der Waals surface area contributed by atoms with Crippen LogP contribution in [-0.2, 0) is 9.47 Å². The summed E-state index contributed by atoms with van der Waals surface area (Å²) >= 11 is 0. The van der Waals surface area contributed by atoms with E-state index in [1.54, 1.807) is 0 Å². The average Bonchev–Trinajstić information content (AvgIpc) is 2.28. The molecule has 1 unspecified atom stereocenters. The summed E-state index contributed by atoms with van der Waals surface area (Å²) in [5.74, 6) is 0. The third-order valence-corrected chi connectivity index (χ3v) is 2.60. The predicted molar refractivity (Wildman–Crippen MR) is 65.7 cm³/mol. The van der Waals surface area contributed by atoms with Gasteiger partial charge in [-0.05, 0) is 13.5 Å². The van der Waals surface area contributed by atoms with Crippen LogP contribution in [0.25, 0.3) is 0 Å². The smallest absolute Gasteiger partial charge is 0.0826 e. The van der Waals surface area contributed by atoms with Crippen molar-refractivity contribution in [3.63, 3.8) is 0 Å². The normalized spacial score (nSPS) is 22.2. The van der Waals surface area contributed by atoms with E-state index in [1.807, 2.05) is 6.08 Å². The van der Waals surface area contributed by atoms with Crippen molar-refractivity contribution in [3.8, 4) is 0 Å². The van der Waals surface area contributed by atoms with Gasteiger partial charge in [0.25, 0.3) is 0 Å². The highest BCUT2D eigenvalue weighted by Crippen LogP contribution is 2.01. The lowest BCUT2D eigenvalue weighted by Gasteiger charge is -2.30. The van der Waals surface area contributed by atoms with E-state index in [2.05, 4.69) is 23.8 Å². The molecule has 0 saturated carbocycles. The third kappa shape index (κ3) is 6.23. The first-order valence-electron chi connectivity index (χ1n) is 6.02. The number of hydrogen-bond donors (Lipinski definition) is 1. The molecule has 1 rings (SSSR count). The van der Waals surface area contributed by atoms with Crippen LogP contribution < -0.4 is 5.32 Å². The quantitative estimate of drug-likeness (QED) is 0.484. The van der Waals surface area contributed by atoms with Crippen LogP contribution in [0, 0.1) is 0 Å². The van der Waals surface area contributed by atoms with Crippen molar-refractivity contribution in [2.45, 2.75) is 12.5 Å². The van der Waals surface area contributed by atoms with Crippen LogP contribution >= 0.6 is 0 Å². The molecule has 94 valence electrons. The van der Waals surface area contributed by atoms with Gasteiger partial charge in [0.1, 0.15) is 0 Å². The van der Waals surface area contributed by atoms with E-state index in [-0.39, 0.29) is 0 Å². The molecular formula is C12H24N2O2. The number of hydrogen-bond acceptors (Lipinski definition) is 4. The van der Waals surface area contributed by atoms with Crippen molar-refractivity contribution in [1.29, 1.82) is 0 Å². The van der Waals surface area contributed by atoms with Crippen molar-refractivity contribution in [3.05, 3.63) is 12.7 Å². The van der Waals surface area contributed by atoms with Gasteiger partial charge in [-0.25, -0.2) is 0 Å². The highest BCUT2D eigenvalue weighted by Gasteiger charge is 2.16. The summed E-state index contributed by atoms with van der Waals surface area (Å²) in [6.45, 7) is 9.89. The molecule has 0 radical (unpaired) electrons. The zero-order valence-corrected chi connectivity index (χ0v) is 10.3. The first kappa shape index (κ1) is 13.6. The van der Waals surface area contributed by atoms with E-state index in [1.165, 1.54) is 0 Å². The summed E-state index contributed by atoms with van der Waals surface area (Å²) in [6, 6.07) is 0. The van der Waals surface area contributed by atoms with E-state index >= 15 is 0 Å². The summed E-state index contributed by atoms with van der Waals surface area (Å²) in [5.41, 5.74) is 0. The van der Waals surface area contributed by atoms with Crippen LogP contribution in [0.4, 0.5) is 0 Å². The summed E-state index contributed by atoms with van der Waals surface area (Å²) in [6.07, 6.45) is 3.13. The highest BCUT2D eigenvalue weighted by molar-refractivity contribution is 4.70. The maximum atomic E-state index is 5.64. The van der Waals surface area contributed by atoms with Gasteiger partial charge in [-0.3, -0.25) is 0 Å². The lowest BCUT2D eigenvalue weighted by molar-refractivity contribution is -0.0187. The van der Waals surface area contributed by atoms with Gasteiger partial charge >= 0.3 is 0 Å². The Morgan fingerprint density at radius 3 is 3.19 bits per heavy atom. The van der Waals surface area contributed by atoms with Gasteiger partial charge in [0.05, 0.1) is 25.9 Å². The molecule has 0 spiro atoms. The van der Waals surface area contributed by atoms with Gasteiger partial charge in [-0.1, -0.05) is 6.08 Å². The van der Waals surface area contributed by atoms with Gasteiger partial charge in [-0.2, -0.15) is 0 Å². The molecule has 1 aliphatic rings. The Balaban J connectivity index is 1.88. The zero-order valence-electron chi connectivity index (χ0n) is 10.3. The monoisotopic (exact) mass is 228 g/mol. The van der Waals surface area contributed by atoms with E-state index in [9.17, 15) is 0 Å². The van der Waals surface area contributed by atoms with Crippen molar-refractivity contribution in [2.24, 2.45) is 0 Å². The topological polar surface area (TPSA) is 33.7 Å². The second-order valence-corrected chi connectivity index (χ2v) is 4.15. The first-order valence-corrected chi connectivity index (χ1v) is 6.02. The molecule has 0 bridgehead atoms. The fraction of sp³-hybridized carbons (Fsp3) is 0.833. The van der Waals surface area contributed by atoms with Gasteiger partial charge in [0.15, 0.2) is 0 Å². The van der Waals surface area contributed by atoms with E-state index < -0.39 is 0 Å². The third-order valence-electron chi connectivity index (χ3n) is 2.60. The van der Waals surface area contributed by atoms with Crippen molar-refractivity contribution in [2.75, 3.05) is 53.0 Å². The molecule has 1 saturated heterocycles. The number of nitrogens with one attached hydrogen (secondary N) is 1. The van der Waals surface area contributed by atoms with Gasteiger partial charge in [0.2, 0.25) is 0 Å². The number of likely N-dealkylation sites (N-methyl/N-ethyl adjacent to an activating group) is 1. The maximum Gasteiger partial charge on any atom is 0.0826 e. The summed E-state index contributed by atoms with van der Waals surface area (Å²) in [7, 11) is 2.13. The number of ether oxygens (including phenoxy) is 2. The van der Waals surface area contributed by atoms with Crippen LogP contribution in [0.3, 0.4) is 0 Å². The molecule has 1 N–H and O–H groups in total. The predicted octanol–water partition coefficient (Wildman–Crippen LogP) is 0.499. The number of morpholine rings is 1. The SMILES string of the molecule is C=CCCOCCNCC1CN(C)CCO1. The van der Waals surface area contributed by atoms with Crippen molar-refractivity contribution in [1.82, 2.24) is 10.2 Å². The Labute approximate surface area is 98.6 Å². The lowest BCUT2D eigenvalue weighted by Crippen LogP contribution is -2.45. The Bertz CT molecular complexity index is 188. The van der Waals surface area contributed by atoms with Crippen LogP contribution in [0.2, 0.25) is 0 Å². The van der Waals surface area contributed by atoms with E-state index in [0.29, 0.717) is 6.10 Å². The van der Waals surface area contributed by atoms with Crippen molar-refractivity contribution >= 4 is 0 Å². The molecule has 0 aromatic carbocycles. The Morgan fingerprint density at radius 2 is 2.44 bits per heavy atom. The summed E-state index contributed by atoms with van der Waals surface area (Å²) in [4.78, 5) is 2.30. The molecule has 1 aliphatic heterocycles. The molecule has 0 aromatic rings. The van der Waals surface area contributed by atoms with Gasteiger partial charge in [-0.15, -0.1) is 6.58 Å². The Hall–Kier alpha value is -0.420. The first-order chi connectivity index (χ1) is 7.83. The second kappa shape index (κ2) is 8.70.